The highest BCUT2D eigenvalue weighted by Gasteiger charge is 2.34. The zero-order valence-corrected chi connectivity index (χ0v) is 23.1. The predicted molar refractivity (Wildman–Crippen MR) is 152 cm³/mol. The average Bonchev–Trinajstić information content (AvgIpc) is 3.48. The summed E-state index contributed by atoms with van der Waals surface area (Å²) in [6, 6.07) is 19.0. The minimum atomic E-state index is -1.15. The van der Waals surface area contributed by atoms with E-state index in [2.05, 4.69) is 17.9 Å². The van der Waals surface area contributed by atoms with Crippen LogP contribution in [0.4, 0.5) is 0 Å². The van der Waals surface area contributed by atoms with Crippen molar-refractivity contribution in [1.82, 2.24) is 10.2 Å². The van der Waals surface area contributed by atoms with Gasteiger partial charge in [0.15, 0.2) is 6.04 Å². The summed E-state index contributed by atoms with van der Waals surface area (Å²) >= 11 is 5.94. The summed E-state index contributed by atoms with van der Waals surface area (Å²) in [6.45, 7) is 5.92. The summed E-state index contributed by atoms with van der Waals surface area (Å²) in [5.74, 6) is -0.447. The highest BCUT2D eigenvalue weighted by Crippen LogP contribution is 2.39. The second kappa shape index (κ2) is 11.5. The van der Waals surface area contributed by atoms with Crippen LogP contribution in [0.5, 0.6) is 0 Å². The fraction of sp³-hybridized carbons (Fsp3) is 0.276. The summed E-state index contributed by atoms with van der Waals surface area (Å²) in [7, 11) is 0. The van der Waals surface area contributed by atoms with E-state index in [1.807, 2.05) is 37.3 Å². The Hall–Kier alpha value is -3.43. The van der Waals surface area contributed by atoms with Gasteiger partial charge in [0.1, 0.15) is 16.2 Å². The molecule has 2 amide bonds. The molecule has 9 heteroatoms. The van der Waals surface area contributed by atoms with Gasteiger partial charge in [-0.15, -0.1) is 12.6 Å². The lowest BCUT2D eigenvalue weighted by molar-refractivity contribution is -0.143. The molecule has 0 aliphatic carbocycles. The molecule has 0 bridgehead atoms. The van der Waals surface area contributed by atoms with E-state index in [4.69, 9.17) is 4.42 Å². The molecule has 1 fully saturated rings. The molecule has 1 aromatic heterocycles. The third kappa shape index (κ3) is 6.16. The first-order valence-corrected chi connectivity index (χ1v) is 13.6. The lowest BCUT2D eigenvalue weighted by Gasteiger charge is -2.24. The summed E-state index contributed by atoms with van der Waals surface area (Å²) in [5, 5.41) is 12.3. The minimum absolute atomic E-state index is 0.103. The number of hydrogen-bond acceptors (Lipinski definition) is 6. The van der Waals surface area contributed by atoms with Crippen LogP contribution in [0.1, 0.15) is 50.1 Å². The SMILES string of the molecule is CCC(C)(C)C(=O)NC(C(=O)O)c1ccc(-c2ccc(/C=C3\SC(S)N(Cc4ccccc4)C3=O)o2)cc1. The van der Waals surface area contributed by atoms with Crippen LogP contribution in [-0.4, -0.2) is 32.5 Å². The van der Waals surface area contributed by atoms with Crippen molar-refractivity contribution in [3.63, 3.8) is 0 Å². The van der Waals surface area contributed by atoms with E-state index in [-0.39, 0.29) is 16.5 Å². The number of amides is 2. The third-order valence-electron chi connectivity index (χ3n) is 6.62. The van der Waals surface area contributed by atoms with Crippen molar-refractivity contribution in [3.8, 4) is 11.3 Å². The highest BCUT2D eigenvalue weighted by atomic mass is 32.2. The summed E-state index contributed by atoms with van der Waals surface area (Å²) in [6.07, 6.45) is 2.30. The van der Waals surface area contributed by atoms with E-state index in [0.717, 1.165) is 11.1 Å². The molecule has 1 aliphatic heterocycles. The quantitative estimate of drug-likeness (QED) is 0.225. The van der Waals surface area contributed by atoms with E-state index in [9.17, 15) is 19.5 Å². The topological polar surface area (TPSA) is 99.9 Å². The van der Waals surface area contributed by atoms with Gasteiger partial charge in [-0.2, -0.15) is 0 Å². The Bertz CT molecular complexity index is 1350. The van der Waals surface area contributed by atoms with Crippen molar-refractivity contribution in [3.05, 3.63) is 88.5 Å². The van der Waals surface area contributed by atoms with Gasteiger partial charge in [-0.3, -0.25) is 9.59 Å². The molecule has 1 aliphatic rings. The van der Waals surface area contributed by atoms with Crippen LogP contribution >= 0.6 is 24.4 Å². The second-order valence-electron chi connectivity index (χ2n) is 9.68. The molecule has 1 saturated heterocycles. The van der Waals surface area contributed by atoms with Gasteiger partial charge in [0.2, 0.25) is 5.91 Å². The molecular weight excluding hydrogens is 520 g/mol. The molecule has 0 spiro atoms. The van der Waals surface area contributed by atoms with Gasteiger partial charge in [-0.1, -0.05) is 87.1 Å². The lowest BCUT2D eigenvalue weighted by atomic mass is 9.88. The Morgan fingerprint density at radius 1 is 1.13 bits per heavy atom. The fourth-order valence-corrected chi connectivity index (χ4v) is 5.28. The molecule has 2 unspecified atom stereocenters. The number of carbonyl (C=O) groups is 3. The number of hydrogen-bond donors (Lipinski definition) is 3. The maximum atomic E-state index is 13.0. The van der Waals surface area contributed by atoms with Crippen molar-refractivity contribution < 1.29 is 23.9 Å². The number of benzene rings is 2. The van der Waals surface area contributed by atoms with E-state index in [0.29, 0.717) is 35.0 Å². The minimum Gasteiger partial charge on any atom is -0.479 e. The highest BCUT2D eigenvalue weighted by molar-refractivity contribution is 8.14. The molecule has 3 aromatic rings. The molecule has 38 heavy (non-hydrogen) atoms. The molecule has 2 atom stereocenters. The average molecular weight is 551 g/mol. The van der Waals surface area contributed by atoms with Crippen LogP contribution in [0.25, 0.3) is 17.4 Å². The molecule has 4 rings (SSSR count). The van der Waals surface area contributed by atoms with E-state index >= 15 is 0 Å². The Morgan fingerprint density at radius 2 is 1.82 bits per heavy atom. The summed E-state index contributed by atoms with van der Waals surface area (Å²) < 4.78 is 5.68. The van der Waals surface area contributed by atoms with Crippen LogP contribution in [0, 0.1) is 5.41 Å². The monoisotopic (exact) mass is 550 g/mol. The number of carboxylic acid groups (broad SMARTS) is 1. The number of furan rings is 1. The van der Waals surface area contributed by atoms with Crippen LogP contribution < -0.4 is 5.32 Å². The molecule has 7 nitrogen and oxygen atoms in total. The number of carboxylic acids is 1. The van der Waals surface area contributed by atoms with Crippen LogP contribution in [0.15, 0.2) is 76.1 Å². The van der Waals surface area contributed by atoms with Gasteiger partial charge >= 0.3 is 5.97 Å². The first kappa shape index (κ1) is 27.6. The Labute approximate surface area is 231 Å². The van der Waals surface area contributed by atoms with Gasteiger partial charge in [-0.05, 0) is 29.7 Å². The number of carbonyl (C=O) groups excluding carboxylic acids is 2. The fourth-order valence-electron chi connectivity index (χ4n) is 3.82. The molecule has 2 aromatic carbocycles. The number of thiol groups is 1. The number of rotatable bonds is 9. The molecule has 0 saturated carbocycles. The van der Waals surface area contributed by atoms with Crippen molar-refractivity contribution in [1.29, 1.82) is 0 Å². The first-order valence-electron chi connectivity index (χ1n) is 12.2. The predicted octanol–water partition coefficient (Wildman–Crippen LogP) is 5.95. The van der Waals surface area contributed by atoms with Crippen molar-refractivity contribution in [2.45, 2.75) is 44.5 Å². The Balaban J connectivity index is 1.47. The molecule has 198 valence electrons. The van der Waals surface area contributed by atoms with Gasteiger partial charge < -0.3 is 19.7 Å². The van der Waals surface area contributed by atoms with Gasteiger partial charge in [0.05, 0.1) is 4.91 Å². The number of nitrogens with one attached hydrogen (secondary N) is 1. The third-order valence-corrected chi connectivity index (χ3v) is 8.22. The maximum absolute atomic E-state index is 13.0. The van der Waals surface area contributed by atoms with Crippen LogP contribution in [0.2, 0.25) is 0 Å². The zero-order chi connectivity index (χ0) is 27.4. The lowest BCUT2D eigenvalue weighted by Crippen LogP contribution is -2.41. The maximum Gasteiger partial charge on any atom is 0.330 e. The van der Waals surface area contributed by atoms with Crippen LogP contribution in [0.3, 0.4) is 0 Å². The molecule has 0 radical (unpaired) electrons. The summed E-state index contributed by atoms with van der Waals surface area (Å²) in [4.78, 5) is 39.7. The van der Waals surface area contributed by atoms with Crippen molar-refractivity contribution in [2.75, 3.05) is 0 Å². The number of thioether (sulfide) groups is 1. The first-order chi connectivity index (χ1) is 18.1. The number of nitrogens with zero attached hydrogens (tertiary/aromatic N) is 1. The van der Waals surface area contributed by atoms with Gasteiger partial charge in [-0.25, -0.2) is 4.79 Å². The van der Waals surface area contributed by atoms with Gasteiger partial charge in [0, 0.05) is 23.6 Å². The number of aliphatic carboxylic acids is 1. The Morgan fingerprint density at radius 3 is 2.45 bits per heavy atom. The van der Waals surface area contributed by atoms with E-state index < -0.39 is 17.4 Å². The summed E-state index contributed by atoms with van der Waals surface area (Å²) in [5.41, 5.74) is 1.56. The second-order valence-corrected chi connectivity index (χ2v) is 11.6. The van der Waals surface area contributed by atoms with Crippen LogP contribution in [-0.2, 0) is 20.9 Å². The Kier molecular flexibility index (Phi) is 8.38. The molecule has 2 heterocycles. The van der Waals surface area contributed by atoms with E-state index in [1.54, 1.807) is 61.2 Å². The largest absolute Gasteiger partial charge is 0.479 e. The zero-order valence-electron chi connectivity index (χ0n) is 21.4. The van der Waals surface area contributed by atoms with Gasteiger partial charge in [0.25, 0.3) is 5.91 Å². The van der Waals surface area contributed by atoms with E-state index in [1.165, 1.54) is 11.8 Å². The van der Waals surface area contributed by atoms with Crippen molar-refractivity contribution >= 4 is 48.3 Å². The molecular formula is C29H30N2O5S2. The molecule has 2 N–H and O–H groups in total. The smallest absolute Gasteiger partial charge is 0.330 e. The standard InChI is InChI=1S/C29H30N2O5S2/c1-4-29(2,3)27(35)30-24(26(33)34)20-12-10-19(11-13-20)22-15-14-21(36-22)16-23-25(32)31(28(37)38-23)17-18-8-6-5-7-9-18/h5-16,24,28,37H,4,17H2,1-3H3,(H,30,35)(H,33,34)/b23-16-. The van der Waals surface area contributed by atoms with Crippen molar-refractivity contribution in [2.24, 2.45) is 5.41 Å². The normalized spacial score (nSPS) is 17.6.